The molecule has 2 amide bonds. The number of hydrogen-bond acceptors (Lipinski definition) is 4. The molecule has 7 nitrogen and oxygen atoms in total. The lowest BCUT2D eigenvalue weighted by molar-refractivity contribution is -0.115. The topological polar surface area (TPSA) is 93.1 Å². The normalized spacial score (nSPS) is 10.5. The third-order valence-corrected chi connectivity index (χ3v) is 3.54. The van der Waals surface area contributed by atoms with E-state index in [9.17, 15) is 27.6 Å². The van der Waals surface area contributed by atoms with Crippen LogP contribution in [0.3, 0.4) is 0 Å². The van der Waals surface area contributed by atoms with Gasteiger partial charge >= 0.3 is 0 Å². The van der Waals surface area contributed by atoms with Gasteiger partial charge in [-0.3, -0.25) is 14.4 Å². The number of aryl methyl sites for hydroxylation is 1. The van der Waals surface area contributed by atoms with E-state index in [2.05, 4.69) is 10.4 Å². The lowest BCUT2D eigenvalue weighted by Crippen LogP contribution is -2.35. The number of amides is 2. The maximum absolute atomic E-state index is 13.5. The molecule has 0 aliphatic heterocycles. The van der Waals surface area contributed by atoms with Gasteiger partial charge in [-0.05, 0) is 24.6 Å². The summed E-state index contributed by atoms with van der Waals surface area (Å²) in [5.74, 6) is -6.22. The number of benzene rings is 1. The molecule has 27 heavy (non-hydrogen) atoms. The first-order valence-corrected chi connectivity index (χ1v) is 8.13. The van der Waals surface area contributed by atoms with Gasteiger partial charge in [-0.15, -0.1) is 0 Å². The highest BCUT2D eigenvalue weighted by molar-refractivity contribution is 5.98. The van der Waals surface area contributed by atoms with Crippen LogP contribution >= 0.6 is 0 Å². The van der Waals surface area contributed by atoms with Gasteiger partial charge in [0.2, 0.25) is 5.91 Å². The molecule has 1 aromatic carbocycles. The van der Waals surface area contributed by atoms with Gasteiger partial charge in [0.1, 0.15) is 5.69 Å². The fourth-order valence-electron chi connectivity index (χ4n) is 2.11. The highest BCUT2D eigenvalue weighted by Crippen LogP contribution is 2.19. The predicted molar refractivity (Wildman–Crippen MR) is 90.7 cm³/mol. The molecule has 1 heterocycles. The molecule has 0 fully saturated rings. The summed E-state index contributed by atoms with van der Waals surface area (Å²) < 4.78 is 40.6. The van der Waals surface area contributed by atoms with Crippen LogP contribution in [-0.4, -0.2) is 28.1 Å². The number of anilines is 1. The highest BCUT2D eigenvalue weighted by atomic mass is 19.2. The summed E-state index contributed by atoms with van der Waals surface area (Å²) in [6.07, 6.45) is 1.55. The average molecular weight is 382 g/mol. The minimum Gasteiger partial charge on any atom is -0.342 e. The molecular formula is C17H17F3N4O3. The maximum Gasteiger partial charge on any atom is 0.272 e. The first kappa shape index (κ1) is 20.1. The van der Waals surface area contributed by atoms with Crippen molar-refractivity contribution in [3.63, 3.8) is 0 Å². The Morgan fingerprint density at radius 2 is 1.85 bits per heavy atom. The van der Waals surface area contributed by atoms with Crippen LogP contribution in [-0.2, 0) is 11.3 Å². The van der Waals surface area contributed by atoms with Crippen molar-refractivity contribution in [3.8, 4) is 0 Å². The van der Waals surface area contributed by atoms with Crippen LogP contribution in [0, 0.1) is 17.5 Å². The Balaban J connectivity index is 1.98. The Morgan fingerprint density at radius 1 is 1.11 bits per heavy atom. The van der Waals surface area contributed by atoms with E-state index in [1.165, 1.54) is 12.1 Å². The third kappa shape index (κ3) is 5.16. The molecule has 0 spiro atoms. The molecule has 0 atom stereocenters. The number of carbonyl (C=O) groups excluding carboxylic acids is 2. The van der Waals surface area contributed by atoms with E-state index < -0.39 is 41.5 Å². The second-order valence-corrected chi connectivity index (χ2v) is 5.59. The number of nitrogens with zero attached hydrogens (tertiary/aromatic N) is 2. The van der Waals surface area contributed by atoms with Gasteiger partial charge in [0.15, 0.2) is 17.5 Å². The van der Waals surface area contributed by atoms with Gasteiger partial charge in [-0.2, -0.15) is 5.10 Å². The molecule has 1 aromatic heterocycles. The predicted octanol–water partition coefficient (Wildman–Crippen LogP) is 1.83. The maximum atomic E-state index is 13.5. The molecular weight excluding hydrogens is 365 g/mol. The lowest BCUT2D eigenvalue weighted by atomic mass is 10.2. The van der Waals surface area contributed by atoms with Gasteiger partial charge in [-0.1, -0.05) is 13.3 Å². The summed E-state index contributed by atoms with van der Waals surface area (Å²) in [4.78, 5) is 35.5. The molecule has 0 saturated heterocycles. The minimum absolute atomic E-state index is 0.0717. The van der Waals surface area contributed by atoms with Gasteiger partial charge in [0.25, 0.3) is 11.5 Å². The fraction of sp³-hybridized carbons (Fsp3) is 0.294. The second kappa shape index (κ2) is 8.97. The van der Waals surface area contributed by atoms with Crippen LogP contribution in [0.4, 0.5) is 18.9 Å². The van der Waals surface area contributed by atoms with E-state index in [0.717, 1.165) is 17.2 Å². The summed E-state index contributed by atoms with van der Waals surface area (Å²) in [7, 11) is 0. The average Bonchev–Trinajstić information content (AvgIpc) is 2.66. The summed E-state index contributed by atoms with van der Waals surface area (Å²) in [5, 5.41) is 8.19. The molecule has 0 radical (unpaired) electrons. The molecule has 2 N–H and O–H groups in total. The first-order chi connectivity index (χ1) is 12.8. The van der Waals surface area contributed by atoms with E-state index in [1.54, 1.807) is 0 Å². The number of halogens is 3. The summed E-state index contributed by atoms with van der Waals surface area (Å²) in [6, 6.07) is 3.93. The molecule has 0 aliphatic rings. The molecule has 0 saturated carbocycles. The van der Waals surface area contributed by atoms with Gasteiger partial charge in [0.05, 0.1) is 12.2 Å². The number of unbranched alkanes of at least 4 members (excludes halogenated alkanes) is 1. The molecule has 0 bridgehead atoms. The highest BCUT2D eigenvalue weighted by Gasteiger charge is 2.16. The largest absolute Gasteiger partial charge is 0.342 e. The number of rotatable bonds is 7. The third-order valence-electron chi connectivity index (χ3n) is 3.54. The van der Waals surface area contributed by atoms with Crippen molar-refractivity contribution in [2.24, 2.45) is 0 Å². The molecule has 10 heteroatoms. The fourth-order valence-corrected chi connectivity index (χ4v) is 2.11. The van der Waals surface area contributed by atoms with Gasteiger partial charge in [-0.25, -0.2) is 17.9 Å². The van der Waals surface area contributed by atoms with Crippen molar-refractivity contribution in [1.82, 2.24) is 15.1 Å². The van der Waals surface area contributed by atoms with Crippen LogP contribution in [0.15, 0.2) is 29.1 Å². The van der Waals surface area contributed by atoms with Crippen LogP contribution < -0.4 is 16.2 Å². The Labute approximate surface area is 152 Å². The summed E-state index contributed by atoms with van der Waals surface area (Å²) >= 11 is 0. The van der Waals surface area contributed by atoms with Crippen LogP contribution in [0.2, 0.25) is 0 Å². The molecule has 0 aliphatic carbocycles. The summed E-state index contributed by atoms with van der Waals surface area (Å²) in [6.45, 7) is 1.73. The number of nitrogens with one attached hydrogen (secondary N) is 2. The summed E-state index contributed by atoms with van der Waals surface area (Å²) in [5.41, 5.74) is -0.983. The first-order valence-electron chi connectivity index (χ1n) is 8.13. The molecule has 144 valence electrons. The number of hydrogen-bond donors (Lipinski definition) is 2. The van der Waals surface area contributed by atoms with Crippen molar-refractivity contribution in [1.29, 1.82) is 0 Å². The lowest BCUT2D eigenvalue weighted by Gasteiger charge is -2.09. The van der Waals surface area contributed by atoms with E-state index >= 15 is 0 Å². The van der Waals surface area contributed by atoms with Gasteiger partial charge < -0.3 is 10.6 Å². The number of carbonyl (C=O) groups is 2. The molecule has 0 unspecified atom stereocenters. The van der Waals surface area contributed by atoms with Crippen LogP contribution in [0.1, 0.15) is 30.3 Å². The van der Waals surface area contributed by atoms with Gasteiger partial charge in [0, 0.05) is 12.6 Å². The van der Waals surface area contributed by atoms with Crippen molar-refractivity contribution in [3.05, 3.63) is 57.8 Å². The minimum atomic E-state index is -1.71. The van der Waals surface area contributed by atoms with E-state index in [4.69, 9.17) is 0 Å². The van der Waals surface area contributed by atoms with E-state index in [1.807, 2.05) is 12.2 Å². The Hall–Kier alpha value is -3.17. The van der Waals surface area contributed by atoms with E-state index in [0.29, 0.717) is 19.0 Å². The monoisotopic (exact) mass is 382 g/mol. The van der Waals surface area contributed by atoms with Crippen LogP contribution in [0.25, 0.3) is 0 Å². The van der Waals surface area contributed by atoms with E-state index in [-0.39, 0.29) is 11.3 Å². The SMILES string of the molecule is CCCCn1nc(C(=O)NCC(=O)Nc2ccc(F)c(F)c2F)ccc1=O. The Bertz CT molecular complexity index is 915. The Kier molecular flexibility index (Phi) is 6.69. The Morgan fingerprint density at radius 3 is 2.56 bits per heavy atom. The number of aromatic nitrogens is 2. The quantitative estimate of drug-likeness (QED) is 0.715. The molecule has 2 rings (SSSR count). The zero-order valence-electron chi connectivity index (χ0n) is 14.4. The molecule has 2 aromatic rings. The van der Waals surface area contributed by atoms with Crippen molar-refractivity contribution in [2.75, 3.05) is 11.9 Å². The smallest absolute Gasteiger partial charge is 0.272 e. The van der Waals surface area contributed by atoms with Crippen molar-refractivity contribution < 1.29 is 22.8 Å². The van der Waals surface area contributed by atoms with Crippen molar-refractivity contribution >= 4 is 17.5 Å². The van der Waals surface area contributed by atoms with Crippen molar-refractivity contribution in [2.45, 2.75) is 26.3 Å². The second-order valence-electron chi connectivity index (χ2n) is 5.59. The zero-order valence-corrected chi connectivity index (χ0v) is 14.4. The van der Waals surface area contributed by atoms with Crippen LogP contribution in [0.5, 0.6) is 0 Å². The zero-order chi connectivity index (χ0) is 20.0. The standard InChI is InChI=1S/C17H17F3N4O3/c1-2-3-8-24-14(26)7-6-12(23-24)17(27)21-9-13(25)22-11-5-4-10(18)15(19)16(11)20/h4-7H,2-3,8-9H2,1H3,(H,21,27)(H,22,25).